The van der Waals surface area contributed by atoms with E-state index in [0.29, 0.717) is 29.8 Å². The summed E-state index contributed by atoms with van der Waals surface area (Å²) in [6, 6.07) is 5.41. The summed E-state index contributed by atoms with van der Waals surface area (Å²) in [5.74, 6) is -0.319. The first-order chi connectivity index (χ1) is 14.2. The standard InChI is InChI=1S/C19H23F3N4O3S/c1-13-17(12-23-26(13)19(21)22)30(28,29)24-9-6-14-7-10-25(11-8-14)18(27)15-2-4-16(20)5-3-15/h2-5,12,14,19,24H,6-11H2,1H3. The van der Waals surface area contributed by atoms with Crippen molar-refractivity contribution in [3.05, 3.63) is 47.5 Å². The molecule has 1 saturated heterocycles. The van der Waals surface area contributed by atoms with E-state index < -0.39 is 22.4 Å². The summed E-state index contributed by atoms with van der Waals surface area (Å²) < 4.78 is 66.1. The Morgan fingerprint density at radius 1 is 1.23 bits per heavy atom. The van der Waals surface area contributed by atoms with E-state index >= 15 is 0 Å². The van der Waals surface area contributed by atoms with Gasteiger partial charge in [-0.25, -0.2) is 22.2 Å². The number of sulfonamides is 1. The highest BCUT2D eigenvalue weighted by Gasteiger charge is 2.26. The molecular weight excluding hydrogens is 421 g/mol. The number of halogens is 3. The monoisotopic (exact) mass is 444 g/mol. The second kappa shape index (κ2) is 9.17. The maximum Gasteiger partial charge on any atom is 0.333 e. The van der Waals surface area contributed by atoms with Gasteiger partial charge in [0, 0.05) is 25.2 Å². The Kier molecular flexibility index (Phi) is 6.81. The lowest BCUT2D eigenvalue weighted by Gasteiger charge is -2.32. The van der Waals surface area contributed by atoms with E-state index in [1.54, 1.807) is 4.90 Å². The smallest absolute Gasteiger partial charge is 0.333 e. The molecule has 7 nitrogen and oxygen atoms in total. The highest BCUT2D eigenvalue weighted by atomic mass is 32.2. The van der Waals surface area contributed by atoms with Gasteiger partial charge in [-0.2, -0.15) is 13.9 Å². The second-order valence-electron chi connectivity index (χ2n) is 7.25. The summed E-state index contributed by atoms with van der Waals surface area (Å²) in [4.78, 5) is 13.9. The zero-order valence-corrected chi connectivity index (χ0v) is 17.2. The Hall–Kier alpha value is -2.40. The minimum Gasteiger partial charge on any atom is -0.339 e. The van der Waals surface area contributed by atoms with Crippen LogP contribution in [0.1, 0.15) is 41.9 Å². The number of nitrogens with one attached hydrogen (secondary N) is 1. The number of alkyl halides is 2. The van der Waals surface area contributed by atoms with Crippen LogP contribution in [0.3, 0.4) is 0 Å². The number of likely N-dealkylation sites (tertiary alicyclic amines) is 1. The van der Waals surface area contributed by atoms with Gasteiger partial charge < -0.3 is 4.90 Å². The first-order valence-corrected chi connectivity index (χ1v) is 11.0. The molecule has 1 fully saturated rings. The van der Waals surface area contributed by atoms with Crippen molar-refractivity contribution in [3.8, 4) is 0 Å². The number of nitrogens with zero attached hydrogens (tertiary/aromatic N) is 3. The third-order valence-electron chi connectivity index (χ3n) is 5.31. The molecule has 2 heterocycles. The summed E-state index contributed by atoms with van der Waals surface area (Å²) in [5, 5.41) is 3.42. The molecule has 0 unspecified atom stereocenters. The van der Waals surface area contributed by atoms with Crippen LogP contribution in [-0.2, 0) is 10.0 Å². The van der Waals surface area contributed by atoms with Crippen molar-refractivity contribution < 1.29 is 26.4 Å². The fourth-order valence-electron chi connectivity index (χ4n) is 3.54. The summed E-state index contributed by atoms with van der Waals surface area (Å²) >= 11 is 0. The van der Waals surface area contributed by atoms with Crippen LogP contribution in [0.15, 0.2) is 35.4 Å². The van der Waals surface area contributed by atoms with Crippen molar-refractivity contribution >= 4 is 15.9 Å². The van der Waals surface area contributed by atoms with E-state index in [1.165, 1.54) is 31.2 Å². The number of benzene rings is 1. The number of amides is 1. The number of carbonyl (C=O) groups is 1. The van der Waals surface area contributed by atoms with Crippen LogP contribution in [0.4, 0.5) is 13.2 Å². The summed E-state index contributed by atoms with van der Waals surface area (Å²) in [6.45, 7) is -0.390. The van der Waals surface area contributed by atoms with Crippen LogP contribution in [0.5, 0.6) is 0 Å². The Balaban J connectivity index is 1.48. The van der Waals surface area contributed by atoms with Crippen LogP contribution < -0.4 is 4.72 Å². The Morgan fingerprint density at radius 2 is 1.87 bits per heavy atom. The first-order valence-electron chi connectivity index (χ1n) is 9.56. The molecule has 1 amide bonds. The fraction of sp³-hybridized carbons (Fsp3) is 0.474. The number of rotatable bonds is 7. The molecule has 3 rings (SSSR count). The number of hydrogen-bond donors (Lipinski definition) is 1. The first kappa shape index (κ1) is 22.3. The van der Waals surface area contributed by atoms with Gasteiger partial charge in [0.2, 0.25) is 10.0 Å². The Morgan fingerprint density at radius 3 is 2.43 bits per heavy atom. The maximum absolute atomic E-state index is 13.0. The molecule has 0 spiro atoms. The van der Waals surface area contributed by atoms with Gasteiger partial charge in [0.15, 0.2) is 0 Å². The molecule has 1 aromatic carbocycles. The number of piperidine rings is 1. The third kappa shape index (κ3) is 5.01. The minimum atomic E-state index is -3.93. The maximum atomic E-state index is 13.0. The van der Waals surface area contributed by atoms with Crippen LogP contribution in [0.25, 0.3) is 0 Å². The molecule has 1 aliphatic heterocycles. The van der Waals surface area contributed by atoms with Crippen LogP contribution in [0.2, 0.25) is 0 Å². The van der Waals surface area contributed by atoms with E-state index in [0.717, 1.165) is 19.0 Å². The lowest BCUT2D eigenvalue weighted by Crippen LogP contribution is -2.39. The summed E-state index contributed by atoms with van der Waals surface area (Å²) in [7, 11) is -3.93. The Bertz CT molecular complexity index is 985. The van der Waals surface area contributed by atoms with Gasteiger partial charge in [0.05, 0.1) is 11.9 Å². The van der Waals surface area contributed by atoms with E-state index in [1.807, 2.05) is 0 Å². The zero-order valence-electron chi connectivity index (χ0n) is 16.4. The number of hydrogen-bond acceptors (Lipinski definition) is 4. The Labute approximate surface area is 172 Å². The highest BCUT2D eigenvalue weighted by molar-refractivity contribution is 7.89. The van der Waals surface area contributed by atoms with Crippen molar-refractivity contribution in [2.24, 2.45) is 5.92 Å². The summed E-state index contributed by atoms with van der Waals surface area (Å²) in [6.07, 6.45) is 2.93. The minimum absolute atomic E-state index is 0.120. The molecule has 1 aliphatic rings. The molecule has 11 heteroatoms. The lowest BCUT2D eigenvalue weighted by atomic mass is 9.93. The van der Waals surface area contributed by atoms with Gasteiger partial charge in [-0.3, -0.25) is 4.79 Å². The van der Waals surface area contributed by atoms with E-state index in [2.05, 4.69) is 9.82 Å². The van der Waals surface area contributed by atoms with Gasteiger partial charge >= 0.3 is 6.55 Å². The van der Waals surface area contributed by atoms with Gasteiger partial charge in [0.25, 0.3) is 5.91 Å². The highest BCUT2D eigenvalue weighted by Crippen LogP contribution is 2.23. The predicted octanol–water partition coefficient (Wildman–Crippen LogP) is 2.95. The van der Waals surface area contributed by atoms with E-state index in [4.69, 9.17) is 0 Å². The molecule has 1 N–H and O–H groups in total. The van der Waals surface area contributed by atoms with Gasteiger partial charge in [0.1, 0.15) is 10.7 Å². The van der Waals surface area contributed by atoms with E-state index in [-0.39, 0.29) is 29.0 Å². The molecule has 0 aliphatic carbocycles. The summed E-state index contributed by atoms with van der Waals surface area (Å²) in [5.41, 5.74) is 0.312. The molecule has 164 valence electrons. The van der Waals surface area contributed by atoms with Gasteiger partial charge in [-0.15, -0.1) is 0 Å². The molecule has 0 radical (unpaired) electrons. The van der Waals surface area contributed by atoms with Crippen molar-refractivity contribution in [1.29, 1.82) is 0 Å². The molecule has 0 saturated carbocycles. The van der Waals surface area contributed by atoms with Gasteiger partial charge in [-0.1, -0.05) is 0 Å². The van der Waals surface area contributed by atoms with Crippen molar-refractivity contribution in [1.82, 2.24) is 19.4 Å². The molecule has 0 atom stereocenters. The van der Waals surface area contributed by atoms with Crippen molar-refractivity contribution in [2.75, 3.05) is 19.6 Å². The van der Waals surface area contributed by atoms with E-state index in [9.17, 15) is 26.4 Å². The fourth-order valence-corrected chi connectivity index (χ4v) is 4.75. The van der Waals surface area contributed by atoms with Crippen LogP contribution >= 0.6 is 0 Å². The van der Waals surface area contributed by atoms with Crippen molar-refractivity contribution in [3.63, 3.8) is 0 Å². The molecular formula is C19H23F3N4O3S. The van der Waals surface area contributed by atoms with Crippen LogP contribution in [-0.4, -0.2) is 48.6 Å². The SMILES string of the molecule is Cc1c(S(=O)(=O)NCCC2CCN(C(=O)c3ccc(F)cc3)CC2)cnn1C(F)F. The second-order valence-corrected chi connectivity index (χ2v) is 8.98. The largest absolute Gasteiger partial charge is 0.339 e. The number of carbonyl (C=O) groups excluding carboxylic acids is 1. The predicted molar refractivity (Wildman–Crippen MR) is 103 cm³/mol. The molecule has 0 bridgehead atoms. The average Bonchev–Trinajstić information content (AvgIpc) is 3.11. The number of aromatic nitrogens is 2. The third-order valence-corrected chi connectivity index (χ3v) is 6.88. The lowest BCUT2D eigenvalue weighted by molar-refractivity contribution is 0.0541. The van der Waals surface area contributed by atoms with Crippen molar-refractivity contribution in [2.45, 2.75) is 37.6 Å². The molecule has 2 aromatic rings. The van der Waals surface area contributed by atoms with Gasteiger partial charge in [-0.05, 0) is 56.4 Å². The molecule has 30 heavy (non-hydrogen) atoms. The molecule has 1 aromatic heterocycles. The average molecular weight is 444 g/mol. The van der Waals surface area contributed by atoms with Crippen LogP contribution in [0, 0.1) is 18.7 Å². The topological polar surface area (TPSA) is 84.3 Å². The normalized spacial score (nSPS) is 15.7. The zero-order chi connectivity index (χ0) is 21.9. The quantitative estimate of drug-likeness (QED) is 0.712.